The van der Waals surface area contributed by atoms with Gasteiger partial charge in [-0.05, 0) is 12.0 Å². The summed E-state index contributed by atoms with van der Waals surface area (Å²) in [5, 5.41) is 4.25. The van der Waals surface area contributed by atoms with E-state index in [9.17, 15) is 0 Å². The summed E-state index contributed by atoms with van der Waals surface area (Å²) >= 11 is 6.39. The monoisotopic (exact) mass is 344 g/mol. The van der Waals surface area contributed by atoms with E-state index in [0.29, 0.717) is 24.3 Å². The van der Waals surface area contributed by atoms with E-state index in [1.165, 1.54) is 5.56 Å². The number of anilines is 1. The van der Waals surface area contributed by atoms with Gasteiger partial charge in [-0.15, -0.1) is 0 Å². The van der Waals surface area contributed by atoms with Crippen LogP contribution in [0.2, 0.25) is 5.02 Å². The molecule has 1 unspecified atom stereocenters. The van der Waals surface area contributed by atoms with E-state index >= 15 is 0 Å². The summed E-state index contributed by atoms with van der Waals surface area (Å²) < 4.78 is 11.2. The highest BCUT2D eigenvalue weighted by Crippen LogP contribution is 2.38. The van der Waals surface area contributed by atoms with E-state index in [1.807, 2.05) is 12.1 Å². The van der Waals surface area contributed by atoms with Gasteiger partial charge in [0.15, 0.2) is 11.5 Å². The molecule has 2 heterocycles. The lowest BCUT2D eigenvalue weighted by Gasteiger charge is -2.22. The summed E-state index contributed by atoms with van der Waals surface area (Å²) in [6.07, 6.45) is 1.11. The molecule has 0 aromatic heterocycles. The standard InChI is InChI=1S/C19H21ClN2O2/c20-16-10-18-19(24-9-8-23-18)11-17(16)21-15-6-7-22(13-15)12-14-4-2-1-3-5-14/h1-5,10-11,15,21H,6-9,12-13H2. The van der Waals surface area contributed by atoms with Crippen molar-refractivity contribution in [3.05, 3.63) is 53.1 Å². The van der Waals surface area contributed by atoms with Crippen LogP contribution in [0.25, 0.3) is 0 Å². The molecular weight excluding hydrogens is 324 g/mol. The van der Waals surface area contributed by atoms with Crippen molar-refractivity contribution in [2.75, 3.05) is 31.6 Å². The van der Waals surface area contributed by atoms with E-state index in [0.717, 1.165) is 43.2 Å². The van der Waals surface area contributed by atoms with E-state index in [-0.39, 0.29) is 0 Å². The lowest BCUT2D eigenvalue weighted by atomic mass is 10.2. The van der Waals surface area contributed by atoms with Crippen molar-refractivity contribution in [1.82, 2.24) is 4.90 Å². The molecule has 2 aromatic rings. The first kappa shape index (κ1) is 15.6. The number of halogens is 1. The van der Waals surface area contributed by atoms with Crippen LogP contribution in [0.4, 0.5) is 5.69 Å². The topological polar surface area (TPSA) is 33.7 Å². The van der Waals surface area contributed by atoms with Gasteiger partial charge in [-0.25, -0.2) is 0 Å². The largest absolute Gasteiger partial charge is 0.486 e. The van der Waals surface area contributed by atoms with Crippen molar-refractivity contribution in [3.8, 4) is 11.5 Å². The number of benzene rings is 2. The predicted octanol–water partition coefficient (Wildman–Crippen LogP) is 3.80. The van der Waals surface area contributed by atoms with Gasteiger partial charge in [0, 0.05) is 37.8 Å². The average molecular weight is 345 g/mol. The summed E-state index contributed by atoms with van der Waals surface area (Å²) in [6, 6.07) is 14.8. The van der Waals surface area contributed by atoms with E-state index < -0.39 is 0 Å². The van der Waals surface area contributed by atoms with Crippen LogP contribution in [-0.4, -0.2) is 37.2 Å². The number of nitrogens with one attached hydrogen (secondary N) is 1. The summed E-state index contributed by atoms with van der Waals surface area (Å²) in [6.45, 7) is 4.26. The van der Waals surface area contributed by atoms with Crippen LogP contribution in [-0.2, 0) is 6.54 Å². The molecule has 0 saturated carbocycles. The molecule has 1 fully saturated rings. The van der Waals surface area contributed by atoms with Crippen LogP contribution < -0.4 is 14.8 Å². The predicted molar refractivity (Wildman–Crippen MR) is 96.2 cm³/mol. The highest BCUT2D eigenvalue weighted by Gasteiger charge is 2.24. The molecule has 1 atom stereocenters. The summed E-state index contributed by atoms with van der Waals surface area (Å²) in [4.78, 5) is 2.47. The first-order chi connectivity index (χ1) is 11.8. The Morgan fingerprint density at radius 3 is 2.62 bits per heavy atom. The minimum atomic E-state index is 0.397. The first-order valence-electron chi connectivity index (χ1n) is 8.40. The van der Waals surface area contributed by atoms with Gasteiger partial charge in [0.1, 0.15) is 13.2 Å². The SMILES string of the molecule is Clc1cc2c(cc1NC1CCN(Cc3ccccc3)C1)OCCO2. The van der Waals surface area contributed by atoms with Crippen LogP contribution in [0.1, 0.15) is 12.0 Å². The summed E-state index contributed by atoms with van der Waals surface area (Å²) in [7, 11) is 0. The minimum Gasteiger partial charge on any atom is -0.486 e. The fraction of sp³-hybridized carbons (Fsp3) is 0.368. The number of nitrogens with zero attached hydrogens (tertiary/aromatic N) is 1. The van der Waals surface area contributed by atoms with Crippen molar-refractivity contribution < 1.29 is 9.47 Å². The van der Waals surface area contributed by atoms with Gasteiger partial charge < -0.3 is 14.8 Å². The zero-order valence-corrected chi connectivity index (χ0v) is 14.3. The first-order valence-corrected chi connectivity index (χ1v) is 8.78. The third-order valence-corrected chi connectivity index (χ3v) is 4.83. The molecular formula is C19H21ClN2O2. The second kappa shape index (κ2) is 6.91. The zero-order valence-electron chi connectivity index (χ0n) is 13.5. The van der Waals surface area contributed by atoms with Crippen molar-refractivity contribution in [3.63, 3.8) is 0 Å². The molecule has 24 heavy (non-hydrogen) atoms. The Morgan fingerprint density at radius 2 is 1.83 bits per heavy atom. The maximum atomic E-state index is 6.39. The maximum Gasteiger partial charge on any atom is 0.163 e. The van der Waals surface area contributed by atoms with Crippen LogP contribution in [0.5, 0.6) is 11.5 Å². The van der Waals surface area contributed by atoms with Gasteiger partial charge in [-0.2, -0.15) is 0 Å². The van der Waals surface area contributed by atoms with Gasteiger partial charge in [-0.3, -0.25) is 4.90 Å². The molecule has 0 bridgehead atoms. The Bertz CT molecular complexity index is 708. The molecule has 2 aliphatic heterocycles. The normalized spacial score (nSPS) is 20.1. The smallest absolute Gasteiger partial charge is 0.163 e. The molecule has 2 aliphatic rings. The number of hydrogen-bond donors (Lipinski definition) is 1. The number of hydrogen-bond acceptors (Lipinski definition) is 4. The van der Waals surface area contributed by atoms with Crippen LogP contribution in [0, 0.1) is 0 Å². The molecule has 0 aliphatic carbocycles. The van der Waals surface area contributed by atoms with Gasteiger partial charge in [-0.1, -0.05) is 41.9 Å². The third-order valence-electron chi connectivity index (χ3n) is 4.51. The van der Waals surface area contributed by atoms with E-state index in [4.69, 9.17) is 21.1 Å². The lowest BCUT2D eigenvalue weighted by molar-refractivity contribution is 0.171. The Morgan fingerprint density at radius 1 is 1.08 bits per heavy atom. The van der Waals surface area contributed by atoms with E-state index in [2.05, 4.69) is 40.5 Å². The fourth-order valence-electron chi connectivity index (χ4n) is 3.33. The van der Waals surface area contributed by atoms with Gasteiger partial charge in [0.25, 0.3) is 0 Å². The number of fused-ring (bicyclic) bond motifs is 1. The van der Waals surface area contributed by atoms with Gasteiger partial charge >= 0.3 is 0 Å². The summed E-state index contributed by atoms with van der Waals surface area (Å²) in [5.74, 6) is 1.50. The molecule has 1 saturated heterocycles. The molecule has 2 aromatic carbocycles. The molecule has 126 valence electrons. The highest BCUT2D eigenvalue weighted by molar-refractivity contribution is 6.33. The molecule has 4 nitrogen and oxygen atoms in total. The lowest BCUT2D eigenvalue weighted by Crippen LogP contribution is -2.26. The Labute approximate surface area is 147 Å². The number of ether oxygens (including phenoxy) is 2. The van der Waals surface area contributed by atoms with Crippen LogP contribution in [0.3, 0.4) is 0 Å². The number of rotatable bonds is 4. The Hall–Kier alpha value is -1.91. The quantitative estimate of drug-likeness (QED) is 0.914. The molecule has 0 spiro atoms. The minimum absolute atomic E-state index is 0.397. The Kier molecular flexibility index (Phi) is 4.50. The van der Waals surface area contributed by atoms with Crippen molar-refractivity contribution in [2.24, 2.45) is 0 Å². The van der Waals surface area contributed by atoms with Gasteiger partial charge in [0.05, 0.1) is 10.7 Å². The zero-order chi connectivity index (χ0) is 16.4. The van der Waals surface area contributed by atoms with Crippen molar-refractivity contribution in [1.29, 1.82) is 0 Å². The molecule has 5 heteroatoms. The molecule has 1 N–H and O–H groups in total. The number of likely N-dealkylation sites (tertiary alicyclic amines) is 1. The fourth-order valence-corrected chi connectivity index (χ4v) is 3.54. The molecule has 0 radical (unpaired) electrons. The molecule has 0 amide bonds. The average Bonchev–Trinajstić information content (AvgIpc) is 3.03. The second-order valence-electron chi connectivity index (χ2n) is 6.33. The van der Waals surface area contributed by atoms with Crippen LogP contribution in [0.15, 0.2) is 42.5 Å². The van der Waals surface area contributed by atoms with Gasteiger partial charge in [0.2, 0.25) is 0 Å². The van der Waals surface area contributed by atoms with Crippen molar-refractivity contribution >= 4 is 17.3 Å². The third kappa shape index (κ3) is 3.45. The van der Waals surface area contributed by atoms with Crippen molar-refractivity contribution in [2.45, 2.75) is 19.0 Å². The van der Waals surface area contributed by atoms with E-state index in [1.54, 1.807) is 0 Å². The van der Waals surface area contributed by atoms with Crippen LogP contribution >= 0.6 is 11.6 Å². The molecule has 4 rings (SSSR count). The second-order valence-corrected chi connectivity index (χ2v) is 6.73. The summed E-state index contributed by atoms with van der Waals surface area (Å²) in [5.41, 5.74) is 2.28. The highest BCUT2D eigenvalue weighted by atomic mass is 35.5. The maximum absolute atomic E-state index is 6.39. The Balaban J connectivity index is 1.40.